The number of carbonyl (C=O) groups excluding carboxylic acids is 1. The first-order valence-electron chi connectivity index (χ1n) is 7.06. The molecule has 0 saturated carbocycles. The molecule has 0 aliphatic rings. The lowest BCUT2D eigenvalue weighted by Gasteiger charge is -2.08. The van der Waals surface area contributed by atoms with E-state index in [0.29, 0.717) is 17.7 Å². The van der Waals surface area contributed by atoms with Crippen molar-refractivity contribution in [1.29, 1.82) is 0 Å². The summed E-state index contributed by atoms with van der Waals surface area (Å²) >= 11 is 5.93. The van der Waals surface area contributed by atoms with Crippen molar-refractivity contribution in [3.05, 3.63) is 58.1 Å². The number of aromatic hydroxyl groups is 1. The summed E-state index contributed by atoms with van der Waals surface area (Å²) in [5.41, 5.74) is 4.56. The zero-order valence-corrected chi connectivity index (χ0v) is 13.6. The van der Waals surface area contributed by atoms with Gasteiger partial charge in [0.2, 0.25) is 0 Å². The van der Waals surface area contributed by atoms with Gasteiger partial charge in [-0.3, -0.25) is 4.79 Å². The lowest BCUT2D eigenvalue weighted by atomic mass is 10.1. The van der Waals surface area contributed by atoms with Crippen LogP contribution in [0.1, 0.15) is 28.4 Å². The summed E-state index contributed by atoms with van der Waals surface area (Å²) in [5.74, 6) is -0.152. The van der Waals surface area contributed by atoms with Crippen LogP contribution in [0.2, 0.25) is 5.02 Å². The van der Waals surface area contributed by atoms with Crippen LogP contribution in [0.15, 0.2) is 41.5 Å². The van der Waals surface area contributed by atoms with Crippen LogP contribution in [0, 0.1) is 6.92 Å². The van der Waals surface area contributed by atoms with Gasteiger partial charge in [-0.25, -0.2) is 5.43 Å². The van der Waals surface area contributed by atoms with Crippen LogP contribution >= 0.6 is 11.6 Å². The molecule has 0 saturated heterocycles. The third-order valence-corrected chi connectivity index (χ3v) is 3.30. The summed E-state index contributed by atoms with van der Waals surface area (Å²) in [6, 6.07) is 10.3. The molecular weight excluding hydrogens is 316 g/mol. The number of phenols is 1. The molecule has 2 aromatic rings. The molecule has 0 atom stereocenters. The number of hydrogen-bond acceptors (Lipinski definition) is 4. The minimum Gasteiger partial charge on any atom is -0.503 e. The lowest BCUT2D eigenvalue weighted by molar-refractivity contribution is 0.0955. The quantitative estimate of drug-likeness (QED) is 0.650. The largest absolute Gasteiger partial charge is 0.503 e. The highest BCUT2D eigenvalue weighted by atomic mass is 35.5. The minimum absolute atomic E-state index is 0.116. The summed E-state index contributed by atoms with van der Waals surface area (Å²) in [4.78, 5) is 12.0. The molecule has 0 radical (unpaired) electrons. The predicted molar refractivity (Wildman–Crippen MR) is 90.5 cm³/mol. The van der Waals surface area contributed by atoms with Crippen molar-refractivity contribution in [1.82, 2.24) is 5.43 Å². The number of ether oxygens (including phenoxy) is 1. The molecule has 5 nitrogen and oxygen atoms in total. The Balaban J connectivity index is 2.10. The number of benzene rings is 2. The van der Waals surface area contributed by atoms with Crippen molar-refractivity contribution < 1.29 is 14.6 Å². The normalized spacial score (nSPS) is 10.7. The maximum Gasteiger partial charge on any atom is 0.271 e. The fourth-order valence-electron chi connectivity index (χ4n) is 1.95. The van der Waals surface area contributed by atoms with Gasteiger partial charge in [-0.1, -0.05) is 29.3 Å². The molecule has 0 heterocycles. The highest BCUT2D eigenvalue weighted by molar-refractivity contribution is 6.32. The van der Waals surface area contributed by atoms with Crippen molar-refractivity contribution in [3.8, 4) is 11.5 Å². The first-order chi connectivity index (χ1) is 11.0. The van der Waals surface area contributed by atoms with Gasteiger partial charge in [0.05, 0.1) is 17.8 Å². The van der Waals surface area contributed by atoms with Gasteiger partial charge in [0.1, 0.15) is 0 Å². The zero-order chi connectivity index (χ0) is 16.8. The van der Waals surface area contributed by atoms with E-state index >= 15 is 0 Å². The molecule has 23 heavy (non-hydrogen) atoms. The average Bonchev–Trinajstić information content (AvgIpc) is 2.52. The number of nitrogens with zero attached hydrogens (tertiary/aromatic N) is 1. The molecule has 6 heteroatoms. The van der Waals surface area contributed by atoms with Crippen molar-refractivity contribution >= 4 is 23.7 Å². The van der Waals surface area contributed by atoms with Crippen LogP contribution in [0.4, 0.5) is 0 Å². The van der Waals surface area contributed by atoms with Crippen molar-refractivity contribution in [3.63, 3.8) is 0 Å². The first-order valence-corrected chi connectivity index (χ1v) is 7.44. The maximum absolute atomic E-state index is 12.0. The number of hydrazone groups is 1. The molecule has 0 bridgehead atoms. The summed E-state index contributed by atoms with van der Waals surface area (Å²) in [7, 11) is 0. The second-order valence-corrected chi connectivity index (χ2v) is 5.26. The van der Waals surface area contributed by atoms with E-state index in [9.17, 15) is 9.90 Å². The molecule has 0 aliphatic carbocycles. The third kappa shape index (κ3) is 4.47. The van der Waals surface area contributed by atoms with E-state index in [0.717, 1.165) is 5.56 Å². The SMILES string of the molecule is CCOc1cc(/C=N\NC(=O)c2cccc(C)c2)cc(Cl)c1O. The van der Waals surface area contributed by atoms with E-state index in [1.54, 1.807) is 25.1 Å². The van der Waals surface area contributed by atoms with Crippen molar-refractivity contribution in [2.75, 3.05) is 6.61 Å². The average molecular weight is 333 g/mol. The fourth-order valence-corrected chi connectivity index (χ4v) is 2.17. The van der Waals surface area contributed by atoms with Crippen molar-refractivity contribution in [2.45, 2.75) is 13.8 Å². The molecule has 2 aromatic carbocycles. The molecule has 0 spiro atoms. The molecule has 2 rings (SSSR count). The van der Waals surface area contributed by atoms with E-state index in [2.05, 4.69) is 10.5 Å². The number of aryl methyl sites for hydroxylation is 1. The van der Waals surface area contributed by atoms with Crippen LogP contribution in [0.25, 0.3) is 0 Å². The van der Waals surface area contributed by atoms with Crippen LogP contribution in [-0.4, -0.2) is 23.8 Å². The van der Waals surface area contributed by atoms with Gasteiger partial charge in [0.15, 0.2) is 11.5 Å². The molecule has 0 aliphatic heterocycles. The Kier molecular flexibility index (Phi) is 5.60. The molecule has 0 unspecified atom stereocenters. The Labute approximate surface area is 139 Å². The third-order valence-electron chi connectivity index (χ3n) is 3.01. The second kappa shape index (κ2) is 7.65. The van der Waals surface area contributed by atoms with E-state index in [1.807, 2.05) is 19.1 Å². The summed E-state index contributed by atoms with van der Waals surface area (Å²) in [6.07, 6.45) is 1.43. The van der Waals surface area contributed by atoms with Crippen LogP contribution < -0.4 is 10.2 Å². The van der Waals surface area contributed by atoms with Crippen LogP contribution in [0.5, 0.6) is 11.5 Å². The number of rotatable bonds is 5. The van der Waals surface area contributed by atoms with Gasteiger partial charge in [0, 0.05) is 5.56 Å². The van der Waals surface area contributed by atoms with Gasteiger partial charge >= 0.3 is 0 Å². The fraction of sp³-hybridized carbons (Fsp3) is 0.176. The smallest absolute Gasteiger partial charge is 0.271 e. The van der Waals surface area contributed by atoms with Gasteiger partial charge in [0.25, 0.3) is 5.91 Å². The molecule has 1 amide bonds. The summed E-state index contributed by atoms with van der Waals surface area (Å²) in [5, 5.41) is 13.8. The van der Waals surface area contributed by atoms with Gasteiger partial charge < -0.3 is 9.84 Å². The Morgan fingerprint density at radius 2 is 2.17 bits per heavy atom. The molecule has 120 valence electrons. The number of carbonyl (C=O) groups is 1. The number of amides is 1. The number of hydrogen-bond donors (Lipinski definition) is 2. The number of nitrogens with one attached hydrogen (secondary N) is 1. The molecular formula is C17H17ClN2O3. The zero-order valence-electron chi connectivity index (χ0n) is 12.8. The minimum atomic E-state index is -0.306. The Morgan fingerprint density at radius 1 is 1.39 bits per heavy atom. The first kappa shape index (κ1) is 16.8. The van der Waals surface area contributed by atoms with E-state index in [4.69, 9.17) is 16.3 Å². The Bertz CT molecular complexity index is 745. The van der Waals surface area contributed by atoms with Gasteiger partial charge in [-0.2, -0.15) is 5.10 Å². The summed E-state index contributed by atoms with van der Waals surface area (Å²) in [6.45, 7) is 4.11. The predicted octanol–water partition coefficient (Wildman–Crippen LogP) is 3.52. The monoisotopic (exact) mass is 332 g/mol. The number of phenolic OH excluding ortho intramolecular Hbond substituents is 1. The number of halogens is 1. The van der Waals surface area contributed by atoms with Crippen molar-refractivity contribution in [2.24, 2.45) is 5.10 Å². The standard InChI is InChI=1S/C17H17ClN2O3/c1-3-23-15-9-12(8-14(18)16(15)21)10-19-20-17(22)13-6-4-5-11(2)7-13/h4-10,21H,3H2,1-2H3,(H,20,22)/b19-10-. The summed E-state index contributed by atoms with van der Waals surface area (Å²) < 4.78 is 5.28. The van der Waals surface area contributed by atoms with Gasteiger partial charge in [-0.05, 0) is 43.7 Å². The van der Waals surface area contributed by atoms with Crippen LogP contribution in [-0.2, 0) is 0 Å². The highest BCUT2D eigenvalue weighted by Gasteiger charge is 2.09. The second-order valence-electron chi connectivity index (χ2n) is 4.85. The maximum atomic E-state index is 12.0. The molecule has 0 aromatic heterocycles. The Hall–Kier alpha value is -2.53. The Morgan fingerprint density at radius 3 is 2.87 bits per heavy atom. The van der Waals surface area contributed by atoms with E-state index < -0.39 is 0 Å². The molecule has 0 fully saturated rings. The van der Waals surface area contributed by atoms with E-state index in [1.165, 1.54) is 12.3 Å². The topological polar surface area (TPSA) is 70.9 Å². The van der Waals surface area contributed by atoms with Gasteiger partial charge in [-0.15, -0.1) is 0 Å². The van der Waals surface area contributed by atoms with E-state index in [-0.39, 0.29) is 22.4 Å². The van der Waals surface area contributed by atoms with Crippen LogP contribution in [0.3, 0.4) is 0 Å². The lowest BCUT2D eigenvalue weighted by Crippen LogP contribution is -2.17. The highest BCUT2D eigenvalue weighted by Crippen LogP contribution is 2.34. The molecule has 2 N–H and O–H groups in total.